The molecule has 0 saturated carbocycles. The van der Waals surface area contributed by atoms with E-state index in [0.29, 0.717) is 6.54 Å². The van der Waals surface area contributed by atoms with Gasteiger partial charge in [0, 0.05) is 6.54 Å². The van der Waals surface area contributed by atoms with Gasteiger partial charge >= 0.3 is 0 Å². The third-order valence-electron chi connectivity index (χ3n) is 2.82. The van der Waals surface area contributed by atoms with Crippen molar-refractivity contribution in [2.45, 2.75) is 19.4 Å². The first kappa shape index (κ1) is 13.4. The summed E-state index contributed by atoms with van der Waals surface area (Å²) in [5, 5.41) is 0. The van der Waals surface area contributed by atoms with E-state index in [1.54, 1.807) is 0 Å². The predicted molar refractivity (Wildman–Crippen MR) is 76.7 cm³/mol. The van der Waals surface area contributed by atoms with Gasteiger partial charge in [-0.25, -0.2) is 0 Å². The van der Waals surface area contributed by atoms with Gasteiger partial charge in [0.1, 0.15) is 23.4 Å². The zero-order chi connectivity index (χ0) is 13.5. The van der Waals surface area contributed by atoms with Crippen molar-refractivity contribution in [3.05, 3.63) is 54.6 Å². The average Bonchev–Trinajstić information content (AvgIpc) is 2.47. The lowest BCUT2D eigenvalue weighted by molar-refractivity contribution is 0.205. The molecule has 0 aliphatic rings. The monoisotopic (exact) mass is 257 g/mol. The smallest absolute Gasteiger partial charge is 0.127 e. The molecule has 0 heterocycles. The minimum absolute atomic E-state index is 0.0703. The lowest BCUT2D eigenvalue weighted by Gasteiger charge is -2.15. The molecule has 2 aromatic rings. The number of ether oxygens (including phenoxy) is 2. The first-order chi connectivity index (χ1) is 9.31. The first-order valence-electron chi connectivity index (χ1n) is 6.51. The quantitative estimate of drug-likeness (QED) is 0.860. The topological polar surface area (TPSA) is 44.5 Å². The highest BCUT2D eigenvalue weighted by molar-refractivity contribution is 5.35. The molecular weight excluding hydrogens is 238 g/mol. The lowest BCUT2D eigenvalue weighted by Crippen LogP contribution is -2.25. The van der Waals surface area contributed by atoms with E-state index in [4.69, 9.17) is 15.2 Å². The minimum Gasteiger partial charge on any atom is -0.489 e. The van der Waals surface area contributed by atoms with Crippen molar-refractivity contribution in [2.24, 2.45) is 5.73 Å². The standard InChI is InChI=1S/C16H19NO2/c1-2-13(12-17)18-15-8-10-16(11-9-15)19-14-6-4-3-5-7-14/h3-11,13H,2,12,17H2,1H3. The number of para-hydroxylation sites is 1. The molecule has 3 nitrogen and oxygen atoms in total. The third kappa shape index (κ3) is 4.00. The molecule has 2 rings (SSSR count). The minimum atomic E-state index is 0.0703. The Morgan fingerprint density at radius 2 is 1.47 bits per heavy atom. The molecular formula is C16H19NO2. The molecule has 2 aromatic carbocycles. The Morgan fingerprint density at radius 3 is 2.05 bits per heavy atom. The van der Waals surface area contributed by atoms with Crippen LogP contribution in [0.1, 0.15) is 13.3 Å². The molecule has 3 heteroatoms. The predicted octanol–water partition coefficient (Wildman–Crippen LogP) is 3.60. The van der Waals surface area contributed by atoms with E-state index in [0.717, 1.165) is 23.7 Å². The molecule has 0 aliphatic carbocycles. The SMILES string of the molecule is CCC(CN)Oc1ccc(Oc2ccccc2)cc1. The Bertz CT molecular complexity index is 478. The van der Waals surface area contributed by atoms with Crippen molar-refractivity contribution in [3.8, 4) is 17.2 Å². The highest BCUT2D eigenvalue weighted by Crippen LogP contribution is 2.24. The van der Waals surface area contributed by atoms with Crippen molar-refractivity contribution in [2.75, 3.05) is 6.54 Å². The highest BCUT2D eigenvalue weighted by Gasteiger charge is 2.05. The van der Waals surface area contributed by atoms with E-state index in [1.807, 2.05) is 54.6 Å². The van der Waals surface area contributed by atoms with E-state index in [-0.39, 0.29) is 6.10 Å². The van der Waals surface area contributed by atoms with Gasteiger partial charge in [0.25, 0.3) is 0 Å². The van der Waals surface area contributed by atoms with Crippen LogP contribution in [-0.4, -0.2) is 12.6 Å². The van der Waals surface area contributed by atoms with Gasteiger partial charge in [0.2, 0.25) is 0 Å². The highest BCUT2D eigenvalue weighted by atomic mass is 16.5. The summed E-state index contributed by atoms with van der Waals surface area (Å²) in [6.45, 7) is 2.59. The molecule has 100 valence electrons. The summed E-state index contributed by atoms with van der Waals surface area (Å²) in [7, 11) is 0. The molecule has 0 radical (unpaired) electrons. The van der Waals surface area contributed by atoms with Crippen LogP contribution in [0.2, 0.25) is 0 Å². The van der Waals surface area contributed by atoms with Crippen LogP contribution in [0.3, 0.4) is 0 Å². The van der Waals surface area contributed by atoms with Gasteiger partial charge in [-0.3, -0.25) is 0 Å². The van der Waals surface area contributed by atoms with Gasteiger partial charge in [-0.15, -0.1) is 0 Å². The molecule has 0 amide bonds. The zero-order valence-electron chi connectivity index (χ0n) is 11.1. The number of nitrogens with two attached hydrogens (primary N) is 1. The maximum atomic E-state index is 5.74. The fourth-order valence-electron chi connectivity index (χ4n) is 1.70. The summed E-state index contributed by atoms with van der Waals surface area (Å²) in [5.74, 6) is 2.43. The molecule has 0 saturated heterocycles. The molecule has 0 aliphatic heterocycles. The Hall–Kier alpha value is -2.00. The maximum absolute atomic E-state index is 5.74. The summed E-state index contributed by atoms with van der Waals surface area (Å²) in [5.41, 5.74) is 5.61. The first-order valence-corrected chi connectivity index (χ1v) is 6.51. The van der Waals surface area contributed by atoms with Crippen molar-refractivity contribution >= 4 is 0 Å². The number of hydrogen-bond acceptors (Lipinski definition) is 3. The summed E-state index contributed by atoms with van der Waals surface area (Å²) >= 11 is 0. The van der Waals surface area contributed by atoms with E-state index in [9.17, 15) is 0 Å². The average molecular weight is 257 g/mol. The van der Waals surface area contributed by atoms with Crippen LogP contribution in [0.5, 0.6) is 17.2 Å². The van der Waals surface area contributed by atoms with Gasteiger partial charge < -0.3 is 15.2 Å². The summed E-state index contributed by atoms with van der Waals surface area (Å²) in [4.78, 5) is 0. The van der Waals surface area contributed by atoms with Gasteiger partial charge in [0.15, 0.2) is 0 Å². The largest absolute Gasteiger partial charge is 0.489 e. The Balaban J connectivity index is 1.98. The molecule has 1 unspecified atom stereocenters. The van der Waals surface area contributed by atoms with Crippen LogP contribution >= 0.6 is 0 Å². The van der Waals surface area contributed by atoms with Crippen LogP contribution in [-0.2, 0) is 0 Å². The fourth-order valence-corrected chi connectivity index (χ4v) is 1.70. The number of rotatable bonds is 6. The second kappa shape index (κ2) is 6.81. The van der Waals surface area contributed by atoms with E-state index in [1.165, 1.54) is 0 Å². The normalized spacial score (nSPS) is 11.9. The Labute approximate surface area is 114 Å². The van der Waals surface area contributed by atoms with E-state index < -0.39 is 0 Å². The van der Waals surface area contributed by atoms with E-state index >= 15 is 0 Å². The van der Waals surface area contributed by atoms with Crippen LogP contribution in [0, 0.1) is 0 Å². The second-order valence-corrected chi connectivity index (χ2v) is 4.27. The van der Waals surface area contributed by atoms with Crippen LogP contribution in [0.25, 0.3) is 0 Å². The van der Waals surface area contributed by atoms with Crippen molar-refractivity contribution in [3.63, 3.8) is 0 Å². The molecule has 0 bridgehead atoms. The molecule has 0 aromatic heterocycles. The van der Waals surface area contributed by atoms with Gasteiger partial charge in [-0.1, -0.05) is 25.1 Å². The molecule has 19 heavy (non-hydrogen) atoms. The Kier molecular flexibility index (Phi) is 4.81. The summed E-state index contributed by atoms with van der Waals surface area (Å²) < 4.78 is 11.4. The summed E-state index contributed by atoms with van der Waals surface area (Å²) in [6, 6.07) is 17.3. The van der Waals surface area contributed by atoms with Crippen LogP contribution in [0.15, 0.2) is 54.6 Å². The van der Waals surface area contributed by atoms with Crippen LogP contribution < -0.4 is 15.2 Å². The number of benzene rings is 2. The molecule has 1 atom stereocenters. The fraction of sp³-hybridized carbons (Fsp3) is 0.250. The third-order valence-corrected chi connectivity index (χ3v) is 2.82. The van der Waals surface area contributed by atoms with Crippen molar-refractivity contribution in [1.29, 1.82) is 0 Å². The van der Waals surface area contributed by atoms with Crippen molar-refractivity contribution < 1.29 is 9.47 Å². The molecule has 0 fully saturated rings. The lowest BCUT2D eigenvalue weighted by atomic mass is 10.2. The van der Waals surface area contributed by atoms with Gasteiger partial charge in [0.05, 0.1) is 0 Å². The number of hydrogen-bond donors (Lipinski definition) is 1. The van der Waals surface area contributed by atoms with E-state index in [2.05, 4.69) is 6.92 Å². The summed E-state index contributed by atoms with van der Waals surface area (Å²) in [6.07, 6.45) is 0.972. The molecule has 0 spiro atoms. The zero-order valence-corrected chi connectivity index (χ0v) is 11.1. The van der Waals surface area contributed by atoms with Crippen LogP contribution in [0.4, 0.5) is 0 Å². The maximum Gasteiger partial charge on any atom is 0.127 e. The van der Waals surface area contributed by atoms with Gasteiger partial charge in [-0.2, -0.15) is 0 Å². The Morgan fingerprint density at radius 1 is 0.895 bits per heavy atom. The van der Waals surface area contributed by atoms with Gasteiger partial charge in [-0.05, 0) is 42.8 Å². The molecule has 2 N–H and O–H groups in total. The second-order valence-electron chi connectivity index (χ2n) is 4.27. The van der Waals surface area contributed by atoms with Crippen molar-refractivity contribution in [1.82, 2.24) is 0 Å².